The lowest BCUT2D eigenvalue weighted by molar-refractivity contribution is 1.22. The molecule has 0 unspecified atom stereocenters. The van der Waals surface area contributed by atoms with Crippen LogP contribution in [0.25, 0.3) is 32.9 Å². The minimum absolute atomic E-state index is 0.706. The molecule has 2 aromatic carbocycles. The fourth-order valence-electron chi connectivity index (χ4n) is 3.98. The van der Waals surface area contributed by atoms with E-state index < -0.39 is 0 Å². The van der Waals surface area contributed by atoms with Crippen LogP contribution >= 0.6 is 0 Å². The normalized spacial score (nSPS) is 10.9. The van der Waals surface area contributed by atoms with Crippen LogP contribution in [-0.4, -0.2) is 19.9 Å². The fourth-order valence-corrected chi connectivity index (χ4v) is 3.98. The first-order valence-corrected chi connectivity index (χ1v) is 11.0. The zero-order chi connectivity index (χ0) is 22.7. The number of anilines is 4. The van der Waals surface area contributed by atoms with E-state index >= 15 is 0 Å². The number of pyridine rings is 4. The van der Waals surface area contributed by atoms with Crippen molar-refractivity contribution in [3.63, 3.8) is 0 Å². The minimum Gasteiger partial charge on any atom is -0.324 e. The number of aromatic nitrogens is 4. The molecule has 0 bridgehead atoms. The van der Waals surface area contributed by atoms with Gasteiger partial charge in [0.25, 0.3) is 0 Å². The van der Waals surface area contributed by atoms with E-state index in [1.54, 1.807) is 12.4 Å². The summed E-state index contributed by atoms with van der Waals surface area (Å²) in [7, 11) is 0. The van der Waals surface area contributed by atoms with Gasteiger partial charge in [0.15, 0.2) is 0 Å². The van der Waals surface area contributed by atoms with Gasteiger partial charge in [-0.05, 0) is 47.2 Å². The molecule has 0 fully saturated rings. The highest BCUT2D eigenvalue weighted by molar-refractivity contribution is 5.93. The molecule has 0 amide bonds. The Morgan fingerprint density at radius 1 is 0.441 bits per heavy atom. The highest BCUT2D eigenvalue weighted by atomic mass is 15.1. The number of hydrogen-bond donors (Lipinski definition) is 2. The molecular formula is C28H20N6. The summed E-state index contributed by atoms with van der Waals surface area (Å²) in [4.78, 5) is 18.6. The van der Waals surface area contributed by atoms with Gasteiger partial charge in [-0.2, -0.15) is 0 Å². The molecule has 0 aliphatic rings. The number of nitrogens with one attached hydrogen (secondary N) is 2. The molecule has 4 aromatic heterocycles. The third kappa shape index (κ3) is 3.89. The number of hydrogen-bond acceptors (Lipinski definition) is 6. The summed E-state index contributed by atoms with van der Waals surface area (Å²) in [6.45, 7) is 0. The maximum absolute atomic E-state index is 4.79. The van der Waals surface area contributed by atoms with Crippen LogP contribution < -0.4 is 10.6 Å². The summed E-state index contributed by atoms with van der Waals surface area (Å²) in [6, 6.07) is 32.0. The molecule has 34 heavy (non-hydrogen) atoms. The van der Waals surface area contributed by atoms with E-state index in [9.17, 15) is 0 Å². The topological polar surface area (TPSA) is 75.6 Å². The van der Waals surface area contributed by atoms with E-state index in [0.717, 1.165) is 44.6 Å². The van der Waals surface area contributed by atoms with Crippen LogP contribution in [0.5, 0.6) is 0 Å². The van der Waals surface area contributed by atoms with Gasteiger partial charge in [-0.25, -0.2) is 19.9 Å². The molecule has 6 heteroatoms. The number of nitrogens with zero attached hydrogens (tertiary/aromatic N) is 4. The Bertz CT molecular complexity index is 1500. The van der Waals surface area contributed by atoms with Crippen molar-refractivity contribution < 1.29 is 0 Å². The zero-order valence-electron chi connectivity index (χ0n) is 18.2. The van der Waals surface area contributed by atoms with E-state index in [0.29, 0.717) is 11.6 Å². The van der Waals surface area contributed by atoms with Gasteiger partial charge in [-0.1, -0.05) is 60.7 Å². The lowest BCUT2D eigenvalue weighted by Crippen LogP contribution is -2.00. The van der Waals surface area contributed by atoms with Crippen LogP contribution in [-0.2, 0) is 0 Å². The van der Waals surface area contributed by atoms with E-state index in [-0.39, 0.29) is 0 Å². The maximum atomic E-state index is 4.79. The molecule has 0 atom stereocenters. The van der Waals surface area contributed by atoms with Crippen LogP contribution in [0.15, 0.2) is 109 Å². The lowest BCUT2D eigenvalue weighted by Gasteiger charge is -2.11. The van der Waals surface area contributed by atoms with Gasteiger partial charge in [0.05, 0.1) is 11.4 Å². The van der Waals surface area contributed by atoms with Gasteiger partial charge in [-0.3, -0.25) is 0 Å². The lowest BCUT2D eigenvalue weighted by atomic mass is 10.1. The summed E-state index contributed by atoms with van der Waals surface area (Å²) in [5, 5.41) is 11.1. The highest BCUT2D eigenvalue weighted by Crippen LogP contribution is 2.27. The predicted molar refractivity (Wildman–Crippen MR) is 138 cm³/mol. The van der Waals surface area contributed by atoms with Crippen molar-refractivity contribution in [2.45, 2.75) is 0 Å². The highest BCUT2D eigenvalue weighted by Gasteiger charge is 2.08. The molecule has 2 N–H and O–H groups in total. The van der Waals surface area contributed by atoms with Gasteiger partial charge >= 0.3 is 0 Å². The minimum atomic E-state index is 0.706. The predicted octanol–water partition coefficient (Wildman–Crippen LogP) is 6.73. The molecule has 0 aliphatic heterocycles. The Morgan fingerprint density at radius 2 is 0.912 bits per heavy atom. The number of benzene rings is 2. The second-order valence-electron chi connectivity index (χ2n) is 7.83. The molecule has 6 aromatic rings. The second kappa shape index (κ2) is 8.60. The van der Waals surface area contributed by atoms with Crippen LogP contribution in [0.4, 0.5) is 23.3 Å². The first-order chi connectivity index (χ1) is 16.8. The third-order valence-electron chi connectivity index (χ3n) is 5.60. The van der Waals surface area contributed by atoms with Crippen LogP contribution in [0.3, 0.4) is 0 Å². The van der Waals surface area contributed by atoms with Gasteiger partial charge in [0, 0.05) is 23.2 Å². The van der Waals surface area contributed by atoms with Gasteiger partial charge in [-0.15, -0.1) is 0 Å². The fraction of sp³-hybridized carbons (Fsp3) is 0. The molecule has 4 heterocycles. The smallest absolute Gasteiger partial charge is 0.139 e. The van der Waals surface area contributed by atoms with E-state index in [2.05, 4.69) is 32.7 Å². The zero-order valence-corrected chi connectivity index (χ0v) is 18.2. The first-order valence-electron chi connectivity index (χ1n) is 11.0. The number of fused-ring (bicyclic) bond motifs is 2. The van der Waals surface area contributed by atoms with Gasteiger partial charge in [0.2, 0.25) is 0 Å². The molecule has 162 valence electrons. The van der Waals surface area contributed by atoms with Gasteiger partial charge in [0.1, 0.15) is 23.3 Å². The first kappa shape index (κ1) is 19.8. The number of rotatable bonds is 5. The molecule has 0 aliphatic carbocycles. The summed E-state index contributed by atoms with van der Waals surface area (Å²) < 4.78 is 0. The Hall–Kier alpha value is -4.84. The van der Waals surface area contributed by atoms with Crippen molar-refractivity contribution in [1.29, 1.82) is 0 Å². The molecule has 6 nitrogen and oxygen atoms in total. The standard InChI is InChI=1S/C28H20N6/c1-3-9-21-19(7-1)15-17-29-27(21)33-25-13-5-11-23(31-25)24-12-6-14-26(32-24)34-28-22-10-4-2-8-20(22)16-18-30-28/h1-18H,(H,29,31,33)(H,30,32,34). The van der Waals surface area contributed by atoms with E-state index in [1.807, 2.05) is 84.9 Å². The molecule has 6 rings (SSSR count). The summed E-state index contributed by atoms with van der Waals surface area (Å²) in [6.07, 6.45) is 3.60. The molecule has 0 saturated carbocycles. The average Bonchev–Trinajstić information content (AvgIpc) is 2.90. The van der Waals surface area contributed by atoms with E-state index in [1.165, 1.54) is 0 Å². The molecular weight excluding hydrogens is 420 g/mol. The van der Waals surface area contributed by atoms with Gasteiger partial charge < -0.3 is 10.6 Å². The van der Waals surface area contributed by atoms with Crippen molar-refractivity contribution in [2.75, 3.05) is 10.6 Å². The largest absolute Gasteiger partial charge is 0.324 e. The Balaban J connectivity index is 1.30. The molecule has 0 spiro atoms. The third-order valence-corrected chi connectivity index (χ3v) is 5.60. The molecule has 0 radical (unpaired) electrons. The monoisotopic (exact) mass is 440 g/mol. The quantitative estimate of drug-likeness (QED) is 0.310. The Labute approximate surface area is 196 Å². The maximum Gasteiger partial charge on any atom is 0.139 e. The SMILES string of the molecule is c1cc(Nc2nccc3ccccc23)nc(-c2cccc(Nc3nccc4ccccc34)n2)c1. The van der Waals surface area contributed by atoms with Crippen molar-refractivity contribution >= 4 is 44.8 Å². The van der Waals surface area contributed by atoms with Crippen LogP contribution in [0.1, 0.15) is 0 Å². The van der Waals surface area contributed by atoms with Crippen molar-refractivity contribution in [3.05, 3.63) is 109 Å². The Morgan fingerprint density at radius 3 is 1.41 bits per heavy atom. The summed E-state index contributed by atoms with van der Waals surface area (Å²) in [5.74, 6) is 2.95. The average molecular weight is 441 g/mol. The summed E-state index contributed by atoms with van der Waals surface area (Å²) >= 11 is 0. The second-order valence-corrected chi connectivity index (χ2v) is 7.83. The van der Waals surface area contributed by atoms with Crippen LogP contribution in [0.2, 0.25) is 0 Å². The van der Waals surface area contributed by atoms with Crippen LogP contribution in [0, 0.1) is 0 Å². The summed E-state index contributed by atoms with van der Waals surface area (Å²) in [5.41, 5.74) is 1.53. The van der Waals surface area contributed by atoms with Crippen molar-refractivity contribution in [3.8, 4) is 11.4 Å². The molecule has 0 saturated heterocycles. The van der Waals surface area contributed by atoms with Crippen molar-refractivity contribution in [1.82, 2.24) is 19.9 Å². The Kier molecular flexibility index (Phi) is 5.01. The van der Waals surface area contributed by atoms with Crippen molar-refractivity contribution in [2.24, 2.45) is 0 Å². The van der Waals surface area contributed by atoms with E-state index in [4.69, 9.17) is 9.97 Å².